The zero-order valence-electron chi connectivity index (χ0n) is 8.96. The van der Waals surface area contributed by atoms with Gasteiger partial charge in [-0.05, 0) is 12.8 Å². The highest BCUT2D eigenvalue weighted by molar-refractivity contribution is 6.20. The van der Waals surface area contributed by atoms with Crippen LogP contribution in [0, 0.1) is 11.3 Å². The lowest BCUT2D eigenvalue weighted by molar-refractivity contribution is -0.143. The van der Waals surface area contributed by atoms with Gasteiger partial charge in [0.25, 0.3) is 0 Å². The Kier molecular flexibility index (Phi) is 2.93. The number of imide groups is 2. The molecule has 0 spiro atoms. The van der Waals surface area contributed by atoms with Gasteiger partial charge in [0.05, 0.1) is 0 Å². The summed E-state index contributed by atoms with van der Waals surface area (Å²) in [5.41, 5.74) is -1.28. The fraction of sp³-hybridized carbons (Fsp3) is 0.500. The van der Waals surface area contributed by atoms with Gasteiger partial charge in [0.1, 0.15) is 5.41 Å². The smallest absolute Gasteiger partial charge is 0.277 e. The first kappa shape index (κ1) is 11.4. The molecule has 0 aromatic rings. The molecule has 0 bridgehead atoms. The molecule has 0 aromatic carbocycles. The third kappa shape index (κ3) is 1.65. The van der Waals surface area contributed by atoms with E-state index in [1.807, 2.05) is 0 Å². The van der Waals surface area contributed by atoms with Gasteiger partial charge in [0.15, 0.2) is 0 Å². The summed E-state index contributed by atoms with van der Waals surface area (Å²) in [5.74, 6) is -1.35. The van der Waals surface area contributed by atoms with E-state index in [-0.39, 0.29) is 5.92 Å². The lowest BCUT2D eigenvalue weighted by atomic mass is 9.74. The summed E-state index contributed by atoms with van der Waals surface area (Å²) in [6.45, 7) is 5.24. The van der Waals surface area contributed by atoms with Crippen molar-refractivity contribution in [3.63, 3.8) is 0 Å². The largest absolute Gasteiger partial charge is 0.328 e. The van der Waals surface area contributed by atoms with E-state index in [0.29, 0.717) is 0 Å². The van der Waals surface area contributed by atoms with Crippen molar-refractivity contribution in [1.82, 2.24) is 10.6 Å². The lowest BCUT2D eigenvalue weighted by Crippen LogP contribution is -2.63. The van der Waals surface area contributed by atoms with E-state index in [0.717, 1.165) is 0 Å². The summed E-state index contributed by atoms with van der Waals surface area (Å²) < 4.78 is 0. The molecule has 5 heteroatoms. The van der Waals surface area contributed by atoms with Gasteiger partial charge < -0.3 is 0 Å². The Bertz CT molecular complexity index is 325. The van der Waals surface area contributed by atoms with Gasteiger partial charge in [-0.3, -0.25) is 20.2 Å². The quantitative estimate of drug-likeness (QED) is 0.517. The summed E-state index contributed by atoms with van der Waals surface area (Å²) in [6, 6.07) is -0.759. The van der Waals surface area contributed by atoms with E-state index < -0.39 is 23.3 Å². The van der Waals surface area contributed by atoms with Crippen LogP contribution in [0.3, 0.4) is 0 Å². The van der Waals surface area contributed by atoms with E-state index in [2.05, 4.69) is 10.6 Å². The van der Waals surface area contributed by atoms with Crippen molar-refractivity contribution in [2.24, 2.45) is 11.3 Å². The van der Waals surface area contributed by atoms with Crippen LogP contribution in [0.25, 0.3) is 0 Å². The van der Waals surface area contributed by atoms with Crippen LogP contribution >= 0.6 is 0 Å². The number of hydrogen-bond acceptors (Lipinski definition) is 3. The SMILES string of the molecule is CC=CC1(C(C)C)C(=O)NC(=O)NC1=O. The molecule has 4 amide bonds. The van der Waals surface area contributed by atoms with Crippen LogP contribution in [0.1, 0.15) is 20.8 Å². The second-order valence-electron chi connectivity index (χ2n) is 3.76. The number of amides is 4. The van der Waals surface area contributed by atoms with Gasteiger partial charge in [-0.25, -0.2) is 4.79 Å². The summed E-state index contributed by atoms with van der Waals surface area (Å²) in [7, 11) is 0. The standard InChI is InChI=1S/C10H14N2O3/c1-4-5-10(6(2)3)7(13)11-9(15)12-8(10)14/h4-6H,1-3H3,(H2,11,12,13,14,15). The van der Waals surface area contributed by atoms with Crippen LogP contribution in [0.4, 0.5) is 4.79 Å². The van der Waals surface area contributed by atoms with Crippen LogP contribution < -0.4 is 10.6 Å². The van der Waals surface area contributed by atoms with Crippen LogP contribution in [0.15, 0.2) is 12.2 Å². The molecule has 0 aromatic heterocycles. The van der Waals surface area contributed by atoms with E-state index in [1.54, 1.807) is 26.8 Å². The van der Waals surface area contributed by atoms with Gasteiger partial charge in [0.2, 0.25) is 11.8 Å². The maximum absolute atomic E-state index is 11.7. The molecule has 1 rings (SSSR count). The molecule has 82 valence electrons. The minimum absolute atomic E-state index is 0.221. The van der Waals surface area contributed by atoms with Crippen molar-refractivity contribution in [3.8, 4) is 0 Å². The Morgan fingerprint density at radius 1 is 1.13 bits per heavy atom. The first-order chi connectivity index (χ1) is 6.95. The normalized spacial score (nSPS) is 20.7. The van der Waals surface area contributed by atoms with Gasteiger partial charge in [-0.2, -0.15) is 0 Å². The molecule has 0 atom stereocenters. The highest BCUT2D eigenvalue weighted by Gasteiger charge is 2.50. The Balaban J connectivity index is 3.21. The minimum Gasteiger partial charge on any atom is -0.277 e. The van der Waals surface area contributed by atoms with Crippen LogP contribution in [-0.2, 0) is 9.59 Å². The van der Waals surface area contributed by atoms with Crippen molar-refractivity contribution in [1.29, 1.82) is 0 Å². The molecule has 1 aliphatic rings. The van der Waals surface area contributed by atoms with Crippen LogP contribution in [-0.4, -0.2) is 17.8 Å². The first-order valence-electron chi connectivity index (χ1n) is 4.76. The fourth-order valence-electron chi connectivity index (χ4n) is 1.68. The van der Waals surface area contributed by atoms with Crippen molar-refractivity contribution in [3.05, 3.63) is 12.2 Å². The molecule has 1 aliphatic heterocycles. The molecular weight excluding hydrogens is 196 g/mol. The van der Waals surface area contributed by atoms with E-state index in [9.17, 15) is 14.4 Å². The molecule has 1 saturated heterocycles. The summed E-state index contributed by atoms with van der Waals surface area (Å²) >= 11 is 0. The molecule has 5 nitrogen and oxygen atoms in total. The summed E-state index contributed by atoms with van der Waals surface area (Å²) in [5, 5.41) is 4.21. The molecule has 1 heterocycles. The molecule has 0 saturated carbocycles. The Labute approximate surface area is 87.9 Å². The fourth-order valence-corrected chi connectivity index (χ4v) is 1.68. The molecule has 2 N–H and O–H groups in total. The second-order valence-corrected chi connectivity index (χ2v) is 3.76. The monoisotopic (exact) mass is 210 g/mol. The average molecular weight is 210 g/mol. The lowest BCUT2D eigenvalue weighted by Gasteiger charge is -2.34. The molecular formula is C10H14N2O3. The number of hydrogen-bond donors (Lipinski definition) is 2. The third-order valence-corrected chi connectivity index (χ3v) is 2.55. The number of allylic oxidation sites excluding steroid dienone is 1. The zero-order chi connectivity index (χ0) is 11.6. The maximum Gasteiger partial charge on any atom is 0.328 e. The summed E-state index contributed by atoms with van der Waals surface area (Å²) in [6.07, 6.45) is 3.16. The predicted octanol–water partition coefficient (Wildman–Crippen LogP) is 0.571. The highest BCUT2D eigenvalue weighted by Crippen LogP contribution is 2.31. The van der Waals surface area contributed by atoms with E-state index >= 15 is 0 Å². The number of nitrogens with one attached hydrogen (secondary N) is 2. The van der Waals surface area contributed by atoms with Crippen LogP contribution in [0.2, 0.25) is 0 Å². The topological polar surface area (TPSA) is 75.3 Å². The summed E-state index contributed by atoms with van der Waals surface area (Å²) in [4.78, 5) is 34.4. The Morgan fingerprint density at radius 2 is 1.60 bits per heavy atom. The number of urea groups is 1. The van der Waals surface area contributed by atoms with Gasteiger partial charge in [-0.15, -0.1) is 0 Å². The van der Waals surface area contributed by atoms with Gasteiger partial charge in [-0.1, -0.05) is 26.0 Å². The maximum atomic E-state index is 11.7. The Morgan fingerprint density at radius 3 is 1.93 bits per heavy atom. The predicted molar refractivity (Wildman–Crippen MR) is 53.8 cm³/mol. The van der Waals surface area contributed by atoms with Gasteiger partial charge in [0, 0.05) is 0 Å². The van der Waals surface area contributed by atoms with Crippen molar-refractivity contribution in [2.75, 3.05) is 0 Å². The highest BCUT2D eigenvalue weighted by atomic mass is 16.2. The molecule has 15 heavy (non-hydrogen) atoms. The van der Waals surface area contributed by atoms with E-state index in [4.69, 9.17) is 0 Å². The number of rotatable bonds is 2. The number of carbonyl (C=O) groups is 3. The molecule has 0 radical (unpaired) electrons. The van der Waals surface area contributed by atoms with Crippen molar-refractivity contribution in [2.45, 2.75) is 20.8 Å². The molecule has 1 fully saturated rings. The van der Waals surface area contributed by atoms with Crippen molar-refractivity contribution < 1.29 is 14.4 Å². The minimum atomic E-state index is -1.28. The second kappa shape index (κ2) is 3.84. The van der Waals surface area contributed by atoms with Crippen molar-refractivity contribution >= 4 is 17.8 Å². The molecule has 0 aliphatic carbocycles. The average Bonchev–Trinajstić information content (AvgIpc) is 2.10. The van der Waals surface area contributed by atoms with Crippen LogP contribution in [0.5, 0.6) is 0 Å². The Hall–Kier alpha value is -1.65. The third-order valence-electron chi connectivity index (χ3n) is 2.55. The molecule has 0 unspecified atom stereocenters. The number of barbiturate groups is 1. The number of carbonyl (C=O) groups excluding carboxylic acids is 3. The van der Waals surface area contributed by atoms with Gasteiger partial charge >= 0.3 is 6.03 Å². The first-order valence-corrected chi connectivity index (χ1v) is 4.76. The zero-order valence-corrected chi connectivity index (χ0v) is 8.96. The van der Waals surface area contributed by atoms with E-state index in [1.165, 1.54) is 6.08 Å².